The van der Waals surface area contributed by atoms with E-state index in [2.05, 4.69) is 10.6 Å². The lowest BCUT2D eigenvalue weighted by molar-refractivity contribution is -0.123. The number of amides is 1. The summed E-state index contributed by atoms with van der Waals surface area (Å²) in [6.07, 6.45) is 5.15. The fourth-order valence-electron chi connectivity index (χ4n) is 4.08. The lowest BCUT2D eigenvalue weighted by Crippen LogP contribution is -2.48. The van der Waals surface area contributed by atoms with Gasteiger partial charge in [-0.25, -0.2) is 8.78 Å². The highest BCUT2D eigenvalue weighted by atomic mass is 19.2. The van der Waals surface area contributed by atoms with E-state index in [1.165, 1.54) is 18.9 Å². The van der Waals surface area contributed by atoms with E-state index >= 15 is 0 Å². The molecule has 1 aromatic rings. The average Bonchev–Trinajstić information content (AvgIpc) is 3.22. The summed E-state index contributed by atoms with van der Waals surface area (Å²) >= 11 is 0. The number of piperidine rings is 1. The van der Waals surface area contributed by atoms with Crippen LogP contribution in [0.4, 0.5) is 8.78 Å². The largest absolute Gasteiger partial charge is 0.353 e. The van der Waals surface area contributed by atoms with Crippen LogP contribution in [0.1, 0.15) is 43.6 Å². The summed E-state index contributed by atoms with van der Waals surface area (Å²) in [4.78, 5) is 12.3. The van der Waals surface area contributed by atoms with E-state index < -0.39 is 11.6 Å². The molecule has 2 N–H and O–H groups in total. The molecule has 2 saturated heterocycles. The van der Waals surface area contributed by atoms with Gasteiger partial charge >= 0.3 is 0 Å². The number of rotatable bonds is 3. The minimum atomic E-state index is -0.837. The molecular formula is C17H20F2N2O. The molecule has 3 fully saturated rings. The van der Waals surface area contributed by atoms with Gasteiger partial charge < -0.3 is 10.6 Å². The highest BCUT2D eigenvalue weighted by molar-refractivity contribution is 5.83. The van der Waals surface area contributed by atoms with Gasteiger partial charge in [0.05, 0.1) is 0 Å². The topological polar surface area (TPSA) is 41.1 Å². The molecule has 0 radical (unpaired) electrons. The minimum Gasteiger partial charge on any atom is -0.353 e. The first-order valence-corrected chi connectivity index (χ1v) is 8.11. The van der Waals surface area contributed by atoms with Crippen molar-refractivity contribution >= 4 is 5.91 Å². The van der Waals surface area contributed by atoms with E-state index in [1.807, 2.05) is 0 Å². The number of hydrogen-bond donors (Lipinski definition) is 2. The molecule has 4 atom stereocenters. The number of halogens is 2. The Bertz CT molecular complexity index is 594. The summed E-state index contributed by atoms with van der Waals surface area (Å²) in [5, 5.41) is 6.72. The molecule has 1 aromatic carbocycles. The lowest BCUT2D eigenvalue weighted by atomic mass is 9.99. The predicted molar refractivity (Wildman–Crippen MR) is 78.3 cm³/mol. The van der Waals surface area contributed by atoms with Crippen molar-refractivity contribution in [1.29, 1.82) is 0 Å². The zero-order valence-electron chi connectivity index (χ0n) is 12.3. The molecular weight excluding hydrogens is 286 g/mol. The van der Waals surface area contributed by atoms with E-state index in [9.17, 15) is 13.6 Å². The van der Waals surface area contributed by atoms with Crippen LogP contribution in [0, 0.1) is 17.6 Å². The third-order valence-corrected chi connectivity index (χ3v) is 5.32. The quantitative estimate of drug-likeness (QED) is 0.901. The van der Waals surface area contributed by atoms with E-state index in [4.69, 9.17) is 0 Å². The summed E-state index contributed by atoms with van der Waals surface area (Å²) in [6.45, 7) is 0. The fraction of sp³-hybridized carbons (Fsp3) is 0.588. The molecule has 4 rings (SSSR count). The van der Waals surface area contributed by atoms with Crippen LogP contribution in [-0.2, 0) is 4.79 Å². The van der Waals surface area contributed by atoms with E-state index in [-0.39, 0.29) is 23.8 Å². The fourth-order valence-corrected chi connectivity index (χ4v) is 4.08. The molecule has 1 saturated carbocycles. The van der Waals surface area contributed by atoms with Gasteiger partial charge in [0.25, 0.3) is 0 Å². The Morgan fingerprint density at radius 3 is 2.50 bits per heavy atom. The Balaban J connectivity index is 1.35. The van der Waals surface area contributed by atoms with Crippen LogP contribution < -0.4 is 10.6 Å². The van der Waals surface area contributed by atoms with Crippen LogP contribution in [0.5, 0.6) is 0 Å². The molecule has 2 heterocycles. The second kappa shape index (κ2) is 5.30. The second-order valence-electron chi connectivity index (χ2n) is 6.94. The van der Waals surface area contributed by atoms with Gasteiger partial charge in [0, 0.05) is 24.0 Å². The average molecular weight is 306 g/mol. The van der Waals surface area contributed by atoms with Gasteiger partial charge in [0.1, 0.15) is 0 Å². The van der Waals surface area contributed by atoms with E-state index in [0.29, 0.717) is 12.1 Å². The molecule has 3 aliphatic rings. The monoisotopic (exact) mass is 306 g/mol. The molecule has 118 valence electrons. The summed E-state index contributed by atoms with van der Waals surface area (Å²) < 4.78 is 26.2. The second-order valence-corrected chi connectivity index (χ2v) is 6.94. The summed E-state index contributed by atoms with van der Waals surface area (Å²) in [5.41, 5.74) is 0.726. The summed E-state index contributed by atoms with van der Waals surface area (Å²) in [6, 6.07) is 5.30. The van der Waals surface area contributed by atoms with Crippen LogP contribution in [0.25, 0.3) is 0 Å². The van der Waals surface area contributed by atoms with Crippen molar-refractivity contribution in [2.45, 2.75) is 56.1 Å². The van der Waals surface area contributed by atoms with Crippen molar-refractivity contribution in [2.24, 2.45) is 5.92 Å². The molecule has 5 heteroatoms. The summed E-state index contributed by atoms with van der Waals surface area (Å²) in [7, 11) is 0. The molecule has 2 bridgehead atoms. The van der Waals surface area contributed by atoms with Crippen molar-refractivity contribution in [3.8, 4) is 0 Å². The summed E-state index contributed by atoms with van der Waals surface area (Å²) in [5.74, 6) is -1.65. The number of benzene rings is 1. The van der Waals surface area contributed by atoms with Gasteiger partial charge in [-0.1, -0.05) is 6.07 Å². The van der Waals surface area contributed by atoms with Gasteiger partial charge in [-0.05, 0) is 55.7 Å². The maximum atomic E-state index is 13.3. The van der Waals surface area contributed by atoms with Crippen LogP contribution in [0.15, 0.2) is 18.2 Å². The Hall–Kier alpha value is -1.49. The van der Waals surface area contributed by atoms with E-state index in [0.717, 1.165) is 30.9 Å². The number of nitrogens with one attached hydrogen (secondary N) is 2. The molecule has 2 aliphatic heterocycles. The van der Waals surface area contributed by atoms with Gasteiger partial charge in [-0.15, -0.1) is 0 Å². The van der Waals surface area contributed by atoms with Crippen LogP contribution >= 0.6 is 0 Å². The molecule has 0 aromatic heterocycles. The van der Waals surface area contributed by atoms with Gasteiger partial charge in [0.15, 0.2) is 11.6 Å². The van der Waals surface area contributed by atoms with Crippen molar-refractivity contribution in [1.82, 2.24) is 10.6 Å². The van der Waals surface area contributed by atoms with Crippen LogP contribution in [-0.4, -0.2) is 24.0 Å². The van der Waals surface area contributed by atoms with Crippen LogP contribution in [0.3, 0.4) is 0 Å². The molecule has 4 unspecified atom stereocenters. The zero-order chi connectivity index (χ0) is 15.3. The highest BCUT2D eigenvalue weighted by Gasteiger charge is 2.45. The third-order valence-electron chi connectivity index (χ3n) is 5.32. The first-order chi connectivity index (χ1) is 10.6. The Kier molecular flexibility index (Phi) is 3.40. The van der Waals surface area contributed by atoms with Crippen molar-refractivity contribution in [3.05, 3.63) is 35.4 Å². The number of hydrogen-bond acceptors (Lipinski definition) is 2. The Labute approximate surface area is 128 Å². The SMILES string of the molecule is O=C(NC1CC2CCC(C1)N2)C1CC1c1ccc(F)c(F)c1. The molecule has 1 aliphatic carbocycles. The Morgan fingerprint density at radius 1 is 1.09 bits per heavy atom. The van der Waals surface area contributed by atoms with Crippen molar-refractivity contribution in [3.63, 3.8) is 0 Å². The van der Waals surface area contributed by atoms with Crippen molar-refractivity contribution < 1.29 is 13.6 Å². The zero-order valence-corrected chi connectivity index (χ0v) is 12.3. The molecule has 1 amide bonds. The van der Waals surface area contributed by atoms with Gasteiger partial charge in [0.2, 0.25) is 5.91 Å². The van der Waals surface area contributed by atoms with E-state index in [1.54, 1.807) is 6.07 Å². The third kappa shape index (κ3) is 2.62. The minimum absolute atomic E-state index is 0.0357. The van der Waals surface area contributed by atoms with Gasteiger partial charge in [-0.3, -0.25) is 4.79 Å². The molecule has 22 heavy (non-hydrogen) atoms. The first kappa shape index (κ1) is 14.1. The maximum Gasteiger partial charge on any atom is 0.223 e. The highest BCUT2D eigenvalue weighted by Crippen LogP contribution is 2.48. The lowest BCUT2D eigenvalue weighted by Gasteiger charge is -2.29. The van der Waals surface area contributed by atoms with Gasteiger partial charge in [-0.2, -0.15) is 0 Å². The smallest absolute Gasteiger partial charge is 0.223 e. The van der Waals surface area contributed by atoms with Crippen molar-refractivity contribution in [2.75, 3.05) is 0 Å². The standard InChI is InChI=1S/C17H20F2N2O/c18-15-4-1-9(5-16(15)19)13-8-14(13)17(22)21-12-6-10-2-3-11(7-12)20-10/h1,4-5,10-14,20H,2-3,6-8H2,(H,21,22). The maximum absolute atomic E-state index is 13.3. The normalized spacial score (nSPS) is 36.2. The molecule has 3 nitrogen and oxygen atoms in total. The molecule has 0 spiro atoms. The van der Waals surface area contributed by atoms with Crippen LogP contribution in [0.2, 0.25) is 0 Å². The Morgan fingerprint density at radius 2 is 1.82 bits per heavy atom. The first-order valence-electron chi connectivity index (χ1n) is 8.11. The predicted octanol–water partition coefficient (Wildman–Crippen LogP) is 2.47. The number of carbonyl (C=O) groups excluding carboxylic acids is 1. The number of fused-ring (bicyclic) bond motifs is 2. The number of carbonyl (C=O) groups is 1.